The van der Waals surface area contributed by atoms with Crippen LogP contribution in [-0.2, 0) is 0 Å². The molecule has 0 aliphatic heterocycles. The van der Waals surface area contributed by atoms with E-state index < -0.39 is 0 Å². The lowest BCUT2D eigenvalue weighted by Gasteiger charge is -2.13. The summed E-state index contributed by atoms with van der Waals surface area (Å²) in [5.41, 5.74) is 8.39. The van der Waals surface area contributed by atoms with Crippen molar-refractivity contribution in [3.05, 3.63) is 158 Å². The van der Waals surface area contributed by atoms with Crippen LogP contribution < -0.4 is 0 Å². The van der Waals surface area contributed by atoms with E-state index in [4.69, 9.17) is 9.97 Å². The summed E-state index contributed by atoms with van der Waals surface area (Å²) in [5, 5.41) is 5.85. The first-order valence-electron chi connectivity index (χ1n) is 14.8. The highest BCUT2D eigenvalue weighted by Gasteiger charge is 2.19. The molecule has 4 heteroatoms. The molecule has 0 unspecified atom stereocenters. The molecule has 0 N–H and O–H groups in total. The Kier molecular flexibility index (Phi) is 5.47. The smallest absolute Gasteiger partial charge is 0.237 e. The zero-order chi connectivity index (χ0) is 29.0. The zero-order valence-electron chi connectivity index (χ0n) is 23.8. The van der Waals surface area contributed by atoms with Crippen molar-refractivity contribution < 1.29 is 0 Å². The summed E-state index contributed by atoms with van der Waals surface area (Å²) in [4.78, 5) is 10.6. The predicted molar refractivity (Wildman–Crippen MR) is 182 cm³/mol. The van der Waals surface area contributed by atoms with E-state index in [-0.39, 0.29) is 0 Å². The van der Waals surface area contributed by atoms with Crippen LogP contribution in [0.25, 0.3) is 77.6 Å². The van der Waals surface area contributed by atoms with Crippen molar-refractivity contribution in [1.82, 2.24) is 19.1 Å². The van der Waals surface area contributed by atoms with Crippen molar-refractivity contribution in [2.45, 2.75) is 0 Å². The Labute approximate surface area is 254 Å². The van der Waals surface area contributed by atoms with Gasteiger partial charge in [-0.25, -0.2) is 4.98 Å². The van der Waals surface area contributed by atoms with Gasteiger partial charge in [0.1, 0.15) is 0 Å². The molecule has 0 bridgehead atoms. The van der Waals surface area contributed by atoms with Crippen molar-refractivity contribution in [1.29, 1.82) is 0 Å². The Morgan fingerprint density at radius 1 is 0.432 bits per heavy atom. The lowest BCUT2D eigenvalue weighted by molar-refractivity contribution is 0.988. The number of hydrogen-bond acceptors (Lipinski definition) is 2. The van der Waals surface area contributed by atoms with Crippen LogP contribution in [0.4, 0.5) is 0 Å². The molecule has 9 aromatic rings. The van der Waals surface area contributed by atoms with Crippen LogP contribution in [0.5, 0.6) is 0 Å². The molecule has 3 heterocycles. The molecule has 0 radical (unpaired) electrons. The van der Waals surface area contributed by atoms with E-state index in [0.717, 1.165) is 44.6 Å². The maximum atomic E-state index is 5.34. The number of fused-ring (bicyclic) bond motifs is 5. The van der Waals surface area contributed by atoms with Gasteiger partial charge in [-0.05, 0) is 64.4 Å². The van der Waals surface area contributed by atoms with Gasteiger partial charge in [0.05, 0.1) is 16.7 Å². The molecule has 0 fully saturated rings. The first kappa shape index (κ1) is 24.6. The second-order valence-corrected chi connectivity index (χ2v) is 11.1. The highest BCUT2D eigenvalue weighted by atomic mass is 15.2. The van der Waals surface area contributed by atoms with Crippen LogP contribution >= 0.6 is 0 Å². The third-order valence-corrected chi connectivity index (χ3v) is 8.57. The standard InChI is InChI=1S/C40H26N4/c1-2-15-32(16-3-1)43-24-23-35-38(31-14-10-13-29(26-31)30-22-21-27-11-4-5-12-28(27)25-30)41-40(42-39(35)43)44-36-19-8-6-17-33(36)34-18-7-9-20-37(34)44/h1-26H. The van der Waals surface area contributed by atoms with Crippen LogP contribution in [-0.4, -0.2) is 19.1 Å². The fourth-order valence-electron chi connectivity index (χ4n) is 6.47. The van der Waals surface area contributed by atoms with E-state index in [1.54, 1.807) is 0 Å². The van der Waals surface area contributed by atoms with Gasteiger partial charge in [0.25, 0.3) is 0 Å². The summed E-state index contributed by atoms with van der Waals surface area (Å²) in [6.07, 6.45) is 2.10. The van der Waals surface area contributed by atoms with Crippen molar-refractivity contribution >= 4 is 43.6 Å². The van der Waals surface area contributed by atoms with Crippen molar-refractivity contribution in [3.63, 3.8) is 0 Å². The maximum Gasteiger partial charge on any atom is 0.237 e. The Bertz CT molecular complexity index is 2450. The Hall–Kier alpha value is -6.00. The zero-order valence-corrected chi connectivity index (χ0v) is 23.8. The maximum absolute atomic E-state index is 5.34. The number of rotatable bonds is 4. The van der Waals surface area contributed by atoms with Gasteiger partial charge in [-0.2, -0.15) is 4.98 Å². The topological polar surface area (TPSA) is 35.6 Å². The molecule has 0 atom stereocenters. The molecule has 0 saturated carbocycles. The van der Waals surface area contributed by atoms with E-state index in [1.165, 1.54) is 27.1 Å². The van der Waals surface area contributed by atoms with Crippen molar-refractivity contribution in [2.75, 3.05) is 0 Å². The lowest BCUT2D eigenvalue weighted by Crippen LogP contribution is -2.05. The predicted octanol–water partition coefficient (Wildman–Crippen LogP) is 10.0. The molecule has 206 valence electrons. The quantitative estimate of drug-likeness (QED) is 0.214. The molecule has 44 heavy (non-hydrogen) atoms. The first-order chi connectivity index (χ1) is 21.8. The highest BCUT2D eigenvalue weighted by Crippen LogP contribution is 2.36. The van der Waals surface area contributed by atoms with Gasteiger partial charge in [0, 0.05) is 33.6 Å². The molecule has 0 saturated heterocycles. The minimum Gasteiger partial charge on any atom is -0.301 e. The number of hydrogen-bond donors (Lipinski definition) is 0. The van der Waals surface area contributed by atoms with E-state index in [0.29, 0.717) is 5.95 Å². The minimum atomic E-state index is 0.650. The Morgan fingerprint density at radius 3 is 1.89 bits per heavy atom. The van der Waals surface area contributed by atoms with Crippen molar-refractivity contribution in [2.24, 2.45) is 0 Å². The minimum absolute atomic E-state index is 0.650. The van der Waals surface area contributed by atoms with Crippen LogP contribution in [0.3, 0.4) is 0 Å². The molecule has 4 nitrogen and oxygen atoms in total. The van der Waals surface area contributed by atoms with Gasteiger partial charge in [-0.1, -0.05) is 109 Å². The van der Waals surface area contributed by atoms with Crippen molar-refractivity contribution in [3.8, 4) is 34.0 Å². The highest BCUT2D eigenvalue weighted by molar-refractivity contribution is 6.09. The van der Waals surface area contributed by atoms with Gasteiger partial charge in [-0.3, -0.25) is 4.57 Å². The van der Waals surface area contributed by atoms with Gasteiger partial charge in [0.15, 0.2) is 5.65 Å². The molecule has 0 aliphatic carbocycles. The number of para-hydroxylation sites is 3. The van der Waals surface area contributed by atoms with E-state index in [2.05, 4.69) is 161 Å². The lowest BCUT2D eigenvalue weighted by atomic mass is 9.98. The average molecular weight is 563 g/mol. The first-order valence-corrected chi connectivity index (χ1v) is 14.8. The Morgan fingerprint density at radius 2 is 1.09 bits per heavy atom. The number of nitrogens with zero attached hydrogens (tertiary/aromatic N) is 4. The number of benzene rings is 6. The Balaban J connectivity index is 1.32. The monoisotopic (exact) mass is 562 g/mol. The summed E-state index contributed by atoms with van der Waals surface area (Å²) in [5.74, 6) is 0.650. The van der Waals surface area contributed by atoms with Crippen LogP contribution in [0.2, 0.25) is 0 Å². The van der Waals surface area contributed by atoms with E-state index in [1.807, 2.05) is 6.07 Å². The molecule has 6 aromatic carbocycles. The van der Waals surface area contributed by atoms with Crippen LogP contribution in [0.15, 0.2) is 158 Å². The van der Waals surface area contributed by atoms with Gasteiger partial charge >= 0.3 is 0 Å². The summed E-state index contributed by atoms with van der Waals surface area (Å²) < 4.78 is 4.36. The van der Waals surface area contributed by atoms with Crippen LogP contribution in [0.1, 0.15) is 0 Å². The molecular weight excluding hydrogens is 536 g/mol. The summed E-state index contributed by atoms with van der Waals surface area (Å²) in [7, 11) is 0. The van der Waals surface area contributed by atoms with Gasteiger partial charge < -0.3 is 4.57 Å². The normalized spacial score (nSPS) is 11.6. The summed E-state index contributed by atoms with van der Waals surface area (Å²) in [6, 6.07) is 53.4. The fraction of sp³-hybridized carbons (Fsp3) is 0. The van der Waals surface area contributed by atoms with E-state index in [9.17, 15) is 0 Å². The van der Waals surface area contributed by atoms with Gasteiger partial charge in [0.2, 0.25) is 5.95 Å². The van der Waals surface area contributed by atoms with Crippen LogP contribution in [0, 0.1) is 0 Å². The SMILES string of the molecule is c1ccc(-n2ccc3c(-c4cccc(-c5ccc6ccccc6c5)c4)nc(-n4c5ccccc5c5ccccc54)nc32)cc1. The second kappa shape index (κ2) is 9.79. The number of aromatic nitrogens is 4. The molecule has 9 rings (SSSR count). The fourth-order valence-corrected chi connectivity index (χ4v) is 6.47. The summed E-state index contributed by atoms with van der Waals surface area (Å²) >= 11 is 0. The molecule has 0 aliphatic rings. The molecule has 0 amide bonds. The third-order valence-electron chi connectivity index (χ3n) is 8.57. The largest absolute Gasteiger partial charge is 0.301 e. The second-order valence-electron chi connectivity index (χ2n) is 11.1. The van der Waals surface area contributed by atoms with Gasteiger partial charge in [-0.15, -0.1) is 0 Å². The average Bonchev–Trinajstić information content (AvgIpc) is 3.67. The summed E-state index contributed by atoms with van der Waals surface area (Å²) in [6.45, 7) is 0. The third kappa shape index (κ3) is 3.85. The molecule has 0 spiro atoms. The van der Waals surface area contributed by atoms with E-state index >= 15 is 0 Å². The molecular formula is C40H26N4. The molecule has 3 aromatic heterocycles.